The molecule has 0 unspecified atom stereocenters. The van der Waals surface area contributed by atoms with Crippen molar-refractivity contribution in [2.75, 3.05) is 13.2 Å². The van der Waals surface area contributed by atoms with Gasteiger partial charge in [0.05, 0.1) is 19.4 Å². The van der Waals surface area contributed by atoms with Crippen molar-refractivity contribution in [2.24, 2.45) is 5.10 Å². The van der Waals surface area contributed by atoms with Crippen LogP contribution in [0.1, 0.15) is 33.5 Å². The molecule has 0 atom stereocenters. The maximum Gasteiger partial charge on any atom is 0.271 e. The van der Waals surface area contributed by atoms with E-state index in [0.29, 0.717) is 23.8 Å². The van der Waals surface area contributed by atoms with Crippen LogP contribution in [-0.4, -0.2) is 25.3 Å². The van der Waals surface area contributed by atoms with Gasteiger partial charge in [-0.05, 0) is 73.0 Å². The van der Waals surface area contributed by atoms with Gasteiger partial charge in [-0.2, -0.15) is 5.10 Å². The molecule has 0 aliphatic heterocycles. The first-order valence-corrected chi connectivity index (χ1v) is 10.4. The van der Waals surface area contributed by atoms with E-state index in [4.69, 9.17) is 21.1 Å². The molecule has 1 N–H and O–H groups in total. The van der Waals surface area contributed by atoms with Crippen LogP contribution in [0.15, 0.2) is 71.8 Å². The number of aryl methyl sites for hydroxylation is 2. The molecule has 3 rings (SSSR count). The van der Waals surface area contributed by atoms with Crippen LogP contribution in [0, 0.1) is 13.8 Å². The summed E-state index contributed by atoms with van der Waals surface area (Å²) in [5.41, 5.74) is 6.23. The predicted octanol–water partition coefficient (Wildman–Crippen LogP) is 5.57. The molecule has 1 amide bonds. The summed E-state index contributed by atoms with van der Waals surface area (Å²) in [6, 6.07) is 20.3. The van der Waals surface area contributed by atoms with E-state index in [1.165, 1.54) is 11.1 Å². The van der Waals surface area contributed by atoms with Crippen molar-refractivity contribution in [1.29, 1.82) is 0 Å². The van der Waals surface area contributed by atoms with Crippen molar-refractivity contribution in [3.05, 3.63) is 94.0 Å². The minimum absolute atomic E-state index is 0.324. The Hall–Kier alpha value is -3.31. The van der Waals surface area contributed by atoms with Gasteiger partial charge in [-0.25, -0.2) is 5.43 Å². The number of carbonyl (C=O) groups excluding carboxylic acids is 1. The van der Waals surface area contributed by atoms with E-state index in [0.717, 1.165) is 23.5 Å². The molecule has 0 radical (unpaired) electrons. The minimum atomic E-state index is -0.324. The average molecular weight is 437 g/mol. The van der Waals surface area contributed by atoms with Gasteiger partial charge in [0.25, 0.3) is 5.91 Å². The van der Waals surface area contributed by atoms with Gasteiger partial charge in [-0.3, -0.25) is 4.79 Å². The van der Waals surface area contributed by atoms with Gasteiger partial charge in [0.1, 0.15) is 11.5 Å². The van der Waals surface area contributed by atoms with E-state index in [-0.39, 0.29) is 5.91 Å². The van der Waals surface area contributed by atoms with E-state index in [1.807, 2.05) is 36.4 Å². The standard InChI is InChI=1S/C25H25ClN2O3/c1-18-10-11-24(14-19(18)2)31-13-5-12-30-23-9-3-6-20(15-23)17-27-28-25(29)21-7-4-8-22(26)16-21/h3-4,6-11,14-17H,5,12-13H2,1-2H3,(H,28,29)/b27-17-. The third kappa shape index (κ3) is 7.15. The summed E-state index contributed by atoms with van der Waals surface area (Å²) in [6.07, 6.45) is 2.33. The quantitative estimate of drug-likeness (QED) is 0.271. The van der Waals surface area contributed by atoms with Crippen LogP contribution in [0.4, 0.5) is 0 Å². The third-order valence-electron chi connectivity index (χ3n) is 4.63. The molecule has 3 aromatic rings. The van der Waals surface area contributed by atoms with Crippen LogP contribution in [0.2, 0.25) is 5.02 Å². The zero-order chi connectivity index (χ0) is 22.1. The number of benzene rings is 3. The molecular formula is C25H25ClN2O3. The highest BCUT2D eigenvalue weighted by molar-refractivity contribution is 6.30. The Balaban J connectivity index is 1.42. The maximum atomic E-state index is 12.1. The first-order valence-electron chi connectivity index (χ1n) is 10.0. The third-order valence-corrected chi connectivity index (χ3v) is 4.86. The SMILES string of the molecule is Cc1ccc(OCCCOc2cccc(/C=N\NC(=O)c3cccc(Cl)c3)c2)cc1C. The van der Waals surface area contributed by atoms with Crippen LogP contribution in [-0.2, 0) is 0 Å². The normalized spacial score (nSPS) is 10.8. The van der Waals surface area contributed by atoms with Crippen LogP contribution in [0.3, 0.4) is 0 Å². The van der Waals surface area contributed by atoms with Crippen molar-refractivity contribution < 1.29 is 14.3 Å². The van der Waals surface area contributed by atoms with Crippen molar-refractivity contribution in [3.63, 3.8) is 0 Å². The van der Waals surface area contributed by atoms with Gasteiger partial charge in [-0.1, -0.05) is 35.9 Å². The fraction of sp³-hybridized carbons (Fsp3) is 0.200. The number of nitrogens with zero attached hydrogens (tertiary/aromatic N) is 1. The van der Waals surface area contributed by atoms with E-state index in [2.05, 4.69) is 30.4 Å². The number of hydrazone groups is 1. The molecule has 0 bridgehead atoms. The van der Waals surface area contributed by atoms with Gasteiger partial charge in [0.15, 0.2) is 0 Å². The molecule has 6 heteroatoms. The lowest BCUT2D eigenvalue weighted by molar-refractivity contribution is 0.0955. The summed E-state index contributed by atoms with van der Waals surface area (Å²) in [5, 5.41) is 4.50. The first-order chi connectivity index (χ1) is 15.0. The Morgan fingerprint density at radius 1 is 0.935 bits per heavy atom. The Kier molecular flexibility index (Phi) is 8.07. The second-order valence-electron chi connectivity index (χ2n) is 7.08. The highest BCUT2D eigenvalue weighted by Gasteiger charge is 2.04. The van der Waals surface area contributed by atoms with Crippen molar-refractivity contribution in [2.45, 2.75) is 20.3 Å². The first kappa shape index (κ1) is 22.4. The monoisotopic (exact) mass is 436 g/mol. The maximum absolute atomic E-state index is 12.1. The highest BCUT2D eigenvalue weighted by Crippen LogP contribution is 2.17. The van der Waals surface area contributed by atoms with Crippen molar-refractivity contribution in [1.82, 2.24) is 5.43 Å². The topological polar surface area (TPSA) is 59.9 Å². The molecule has 0 aliphatic carbocycles. The molecule has 0 heterocycles. The second-order valence-corrected chi connectivity index (χ2v) is 7.51. The Morgan fingerprint density at radius 3 is 2.42 bits per heavy atom. The smallest absolute Gasteiger partial charge is 0.271 e. The summed E-state index contributed by atoms with van der Waals surface area (Å²) in [4.78, 5) is 12.1. The highest BCUT2D eigenvalue weighted by atomic mass is 35.5. The van der Waals surface area contributed by atoms with E-state index < -0.39 is 0 Å². The number of halogens is 1. The fourth-order valence-electron chi connectivity index (χ4n) is 2.79. The summed E-state index contributed by atoms with van der Waals surface area (Å²) in [5.74, 6) is 1.28. The predicted molar refractivity (Wildman–Crippen MR) is 124 cm³/mol. The van der Waals surface area contributed by atoms with Crippen LogP contribution in [0.5, 0.6) is 11.5 Å². The Labute approximate surface area is 187 Å². The van der Waals surface area contributed by atoms with Gasteiger partial charge in [0.2, 0.25) is 0 Å². The Bertz CT molecular complexity index is 1070. The molecule has 3 aromatic carbocycles. The summed E-state index contributed by atoms with van der Waals surface area (Å²) in [7, 11) is 0. The Morgan fingerprint density at radius 2 is 1.68 bits per heavy atom. The molecular weight excluding hydrogens is 412 g/mol. The number of nitrogens with one attached hydrogen (secondary N) is 1. The van der Waals surface area contributed by atoms with Gasteiger partial charge in [-0.15, -0.1) is 0 Å². The summed E-state index contributed by atoms with van der Waals surface area (Å²) in [6.45, 7) is 5.28. The molecule has 0 spiro atoms. The summed E-state index contributed by atoms with van der Waals surface area (Å²) < 4.78 is 11.6. The number of hydrogen-bond acceptors (Lipinski definition) is 4. The van der Waals surface area contributed by atoms with Crippen LogP contribution < -0.4 is 14.9 Å². The van der Waals surface area contributed by atoms with Gasteiger partial charge >= 0.3 is 0 Å². The molecule has 0 saturated carbocycles. The lowest BCUT2D eigenvalue weighted by Crippen LogP contribution is -2.17. The molecule has 0 aliphatic rings. The summed E-state index contributed by atoms with van der Waals surface area (Å²) >= 11 is 5.90. The van der Waals surface area contributed by atoms with Crippen LogP contribution >= 0.6 is 11.6 Å². The number of ether oxygens (including phenoxy) is 2. The lowest BCUT2D eigenvalue weighted by Gasteiger charge is -2.09. The lowest BCUT2D eigenvalue weighted by atomic mass is 10.1. The number of rotatable bonds is 9. The second kappa shape index (κ2) is 11.2. The fourth-order valence-corrected chi connectivity index (χ4v) is 2.98. The molecule has 0 aromatic heterocycles. The van der Waals surface area contributed by atoms with Crippen LogP contribution in [0.25, 0.3) is 0 Å². The van der Waals surface area contributed by atoms with Crippen molar-refractivity contribution in [3.8, 4) is 11.5 Å². The molecule has 5 nitrogen and oxygen atoms in total. The zero-order valence-electron chi connectivity index (χ0n) is 17.6. The molecule has 0 fully saturated rings. The minimum Gasteiger partial charge on any atom is -0.493 e. The van der Waals surface area contributed by atoms with E-state index in [1.54, 1.807) is 30.5 Å². The van der Waals surface area contributed by atoms with Crippen molar-refractivity contribution >= 4 is 23.7 Å². The van der Waals surface area contributed by atoms with Gasteiger partial charge < -0.3 is 9.47 Å². The molecule has 160 valence electrons. The van der Waals surface area contributed by atoms with Gasteiger partial charge in [0, 0.05) is 17.0 Å². The average Bonchev–Trinajstić information content (AvgIpc) is 2.76. The largest absolute Gasteiger partial charge is 0.493 e. The number of amides is 1. The molecule has 31 heavy (non-hydrogen) atoms. The van der Waals surface area contributed by atoms with E-state index in [9.17, 15) is 4.79 Å². The molecule has 0 saturated heterocycles. The van der Waals surface area contributed by atoms with E-state index >= 15 is 0 Å². The number of carbonyl (C=O) groups is 1. The zero-order valence-corrected chi connectivity index (χ0v) is 18.4. The number of hydrogen-bond donors (Lipinski definition) is 1.